The summed E-state index contributed by atoms with van der Waals surface area (Å²) in [6, 6.07) is -0.966. The highest BCUT2D eigenvalue weighted by Gasteiger charge is 2.53. The van der Waals surface area contributed by atoms with E-state index in [4.69, 9.17) is 28.4 Å². The van der Waals surface area contributed by atoms with Gasteiger partial charge in [-0.3, -0.25) is 4.79 Å². The van der Waals surface area contributed by atoms with Crippen LogP contribution in [0.4, 0.5) is 0 Å². The maximum absolute atomic E-state index is 13.3. The Bertz CT molecular complexity index is 1530. The van der Waals surface area contributed by atoms with Crippen LogP contribution in [-0.2, 0) is 33.2 Å². The van der Waals surface area contributed by atoms with E-state index in [1.807, 2.05) is 6.08 Å². The van der Waals surface area contributed by atoms with E-state index in [1.165, 1.54) is 173 Å². The Morgan fingerprint density at radius 3 is 1.16 bits per heavy atom. The van der Waals surface area contributed by atoms with E-state index in [1.54, 1.807) is 6.08 Å². The number of ether oxygens (including phenoxy) is 6. The van der Waals surface area contributed by atoms with Gasteiger partial charge >= 0.3 is 0 Å². The molecule has 3 fully saturated rings. The standard InChI is InChI=1S/C62H117NO18/c1-3-5-7-9-11-13-14-15-16-17-18-19-20-21-22-23-24-25-26-27-28-29-30-32-34-36-38-40-50(68)63-45(46(67)39-37-35-33-31-12-10-8-6-4-2)44-76-60-56(74)53(71)58(48(42-65)78-60)81-62-57(75)54(72)59(49(43-66)79-62)80-61-55(73)52(70)51(69)47(41-64)77-61/h37,39,45-49,51-62,64-67,69-75H,3-36,38,40-44H2,1-2H3,(H,63,68)/b39-37+. The summed E-state index contributed by atoms with van der Waals surface area (Å²) in [4.78, 5) is 13.3. The molecule has 0 aliphatic carbocycles. The Balaban J connectivity index is 1.38. The lowest BCUT2D eigenvalue weighted by Gasteiger charge is -2.48. The molecule has 3 aliphatic heterocycles. The average molecular weight is 1160 g/mol. The van der Waals surface area contributed by atoms with Crippen molar-refractivity contribution in [3.63, 3.8) is 0 Å². The van der Waals surface area contributed by atoms with Gasteiger partial charge in [-0.15, -0.1) is 0 Å². The Morgan fingerprint density at radius 2 is 0.765 bits per heavy atom. The van der Waals surface area contributed by atoms with E-state index in [0.29, 0.717) is 6.42 Å². The first-order valence-corrected chi connectivity index (χ1v) is 32.4. The van der Waals surface area contributed by atoms with Crippen LogP contribution in [0.2, 0.25) is 0 Å². The molecule has 3 saturated heterocycles. The van der Waals surface area contributed by atoms with Crippen LogP contribution >= 0.6 is 0 Å². The molecule has 0 aromatic heterocycles. The summed E-state index contributed by atoms with van der Waals surface area (Å²) in [6.45, 7) is 1.71. The van der Waals surface area contributed by atoms with Crippen LogP contribution in [0, 0.1) is 0 Å². The molecule has 1 amide bonds. The lowest BCUT2D eigenvalue weighted by Crippen LogP contribution is -2.66. The molecule has 3 heterocycles. The van der Waals surface area contributed by atoms with Crippen molar-refractivity contribution in [2.75, 3.05) is 26.4 Å². The van der Waals surface area contributed by atoms with Crippen LogP contribution in [0.3, 0.4) is 0 Å². The first-order chi connectivity index (χ1) is 39.3. The number of amides is 1. The van der Waals surface area contributed by atoms with E-state index in [-0.39, 0.29) is 18.9 Å². The van der Waals surface area contributed by atoms with Gasteiger partial charge in [0.25, 0.3) is 0 Å². The molecule has 0 radical (unpaired) electrons. The summed E-state index contributed by atoms with van der Waals surface area (Å²) in [5.41, 5.74) is 0. The minimum absolute atomic E-state index is 0.249. The lowest BCUT2D eigenvalue weighted by molar-refractivity contribution is -0.379. The molecule has 3 rings (SSSR count). The minimum atomic E-state index is -1.97. The number of hydrogen-bond donors (Lipinski definition) is 12. The van der Waals surface area contributed by atoms with E-state index < -0.39 is 124 Å². The second-order valence-corrected chi connectivity index (χ2v) is 23.6. The molecule has 0 saturated carbocycles. The number of aliphatic hydroxyl groups excluding tert-OH is 11. The molecule has 19 nitrogen and oxygen atoms in total. The van der Waals surface area contributed by atoms with Crippen molar-refractivity contribution in [3.8, 4) is 0 Å². The van der Waals surface area contributed by atoms with Crippen LogP contribution in [0.1, 0.15) is 245 Å². The molecule has 12 N–H and O–H groups in total. The number of carbonyl (C=O) groups excluding carboxylic acids is 1. The smallest absolute Gasteiger partial charge is 0.220 e. The third-order valence-corrected chi connectivity index (χ3v) is 16.6. The summed E-state index contributed by atoms with van der Waals surface area (Å²) >= 11 is 0. The first-order valence-electron chi connectivity index (χ1n) is 32.4. The monoisotopic (exact) mass is 1160 g/mol. The fraction of sp³-hybridized carbons (Fsp3) is 0.952. The Labute approximate surface area is 486 Å². The van der Waals surface area contributed by atoms with Crippen LogP contribution in [-0.4, -0.2) is 193 Å². The highest BCUT2D eigenvalue weighted by atomic mass is 16.8. The van der Waals surface area contributed by atoms with Gasteiger partial charge in [-0.25, -0.2) is 0 Å². The van der Waals surface area contributed by atoms with Gasteiger partial charge in [0.15, 0.2) is 18.9 Å². The van der Waals surface area contributed by atoms with Gasteiger partial charge in [0.05, 0.1) is 38.6 Å². The van der Waals surface area contributed by atoms with E-state index in [9.17, 15) is 61.0 Å². The number of nitrogens with one attached hydrogen (secondary N) is 1. The Hall–Kier alpha value is -1.47. The van der Waals surface area contributed by atoms with Gasteiger partial charge in [0.1, 0.15) is 73.2 Å². The fourth-order valence-electron chi connectivity index (χ4n) is 11.3. The zero-order chi connectivity index (χ0) is 59.0. The average Bonchev–Trinajstić information content (AvgIpc) is 3.55. The maximum atomic E-state index is 13.3. The summed E-state index contributed by atoms with van der Waals surface area (Å²) in [6.07, 6.45) is 20.9. The minimum Gasteiger partial charge on any atom is -0.394 e. The van der Waals surface area contributed by atoms with Crippen LogP contribution in [0.15, 0.2) is 12.2 Å². The first kappa shape index (κ1) is 73.8. The van der Waals surface area contributed by atoms with Crippen molar-refractivity contribution in [1.29, 1.82) is 0 Å². The molecule has 478 valence electrons. The Morgan fingerprint density at radius 1 is 0.432 bits per heavy atom. The second kappa shape index (κ2) is 45.8. The van der Waals surface area contributed by atoms with Crippen molar-refractivity contribution in [3.05, 3.63) is 12.2 Å². The molecule has 81 heavy (non-hydrogen) atoms. The predicted octanol–water partition coefficient (Wildman–Crippen LogP) is 6.94. The fourth-order valence-corrected chi connectivity index (χ4v) is 11.3. The van der Waals surface area contributed by atoms with Gasteiger partial charge in [-0.1, -0.05) is 231 Å². The highest BCUT2D eigenvalue weighted by Crippen LogP contribution is 2.33. The number of rotatable bonds is 49. The molecule has 17 unspecified atom stereocenters. The van der Waals surface area contributed by atoms with Gasteiger partial charge in [-0.05, 0) is 19.3 Å². The summed E-state index contributed by atoms with van der Waals surface area (Å²) in [7, 11) is 0. The topological polar surface area (TPSA) is 307 Å². The maximum Gasteiger partial charge on any atom is 0.220 e. The van der Waals surface area contributed by atoms with Gasteiger partial charge in [0.2, 0.25) is 5.91 Å². The number of unbranched alkanes of at least 4 members (excludes halogenated alkanes) is 33. The molecular formula is C62H117NO18. The highest BCUT2D eigenvalue weighted by molar-refractivity contribution is 5.76. The number of aliphatic hydroxyl groups is 11. The quantitative estimate of drug-likeness (QED) is 0.0217. The lowest BCUT2D eigenvalue weighted by atomic mass is 9.96. The zero-order valence-corrected chi connectivity index (χ0v) is 50.0. The van der Waals surface area contributed by atoms with E-state index >= 15 is 0 Å². The van der Waals surface area contributed by atoms with Crippen LogP contribution in [0.25, 0.3) is 0 Å². The number of hydrogen-bond acceptors (Lipinski definition) is 18. The summed E-state index contributed by atoms with van der Waals surface area (Å²) < 4.78 is 34.2. The summed E-state index contributed by atoms with van der Waals surface area (Å²) in [5, 5.41) is 120. The number of allylic oxidation sites excluding steroid dienone is 1. The molecule has 0 spiro atoms. The van der Waals surface area contributed by atoms with Gasteiger partial charge < -0.3 is 89.9 Å². The number of carbonyl (C=O) groups is 1. The normalized spacial score (nSPS) is 29.8. The zero-order valence-electron chi connectivity index (χ0n) is 50.0. The van der Waals surface area contributed by atoms with E-state index in [0.717, 1.165) is 44.9 Å². The SMILES string of the molecule is CCCCCCCCC/C=C/C(O)C(COC1OC(CO)C(OC2OC(CO)C(OC3OC(CO)C(O)C(O)C3O)C(O)C2O)C(O)C1O)NC(=O)CCCCCCCCCCCCCCCCCCCCCCCCCCCCC. The second-order valence-electron chi connectivity index (χ2n) is 23.6. The van der Waals surface area contributed by atoms with Gasteiger partial charge in [-0.2, -0.15) is 0 Å². The van der Waals surface area contributed by atoms with Crippen molar-refractivity contribution in [1.82, 2.24) is 5.32 Å². The molecule has 3 aliphatic rings. The molecule has 17 atom stereocenters. The van der Waals surface area contributed by atoms with Crippen molar-refractivity contribution in [2.24, 2.45) is 0 Å². The van der Waals surface area contributed by atoms with Gasteiger partial charge in [0, 0.05) is 6.42 Å². The largest absolute Gasteiger partial charge is 0.394 e. The molecule has 19 heteroatoms. The predicted molar refractivity (Wildman–Crippen MR) is 310 cm³/mol. The summed E-state index contributed by atoms with van der Waals surface area (Å²) in [5.74, 6) is -0.273. The third-order valence-electron chi connectivity index (χ3n) is 16.6. The van der Waals surface area contributed by atoms with Crippen LogP contribution < -0.4 is 5.32 Å². The molecule has 0 bridgehead atoms. The van der Waals surface area contributed by atoms with Crippen molar-refractivity contribution < 1.29 is 89.4 Å². The molecule has 0 aromatic carbocycles. The van der Waals surface area contributed by atoms with Crippen molar-refractivity contribution >= 4 is 5.91 Å². The Kier molecular flexibility index (Phi) is 41.7. The molecular weight excluding hydrogens is 1050 g/mol. The molecule has 0 aromatic rings. The third kappa shape index (κ3) is 29.2. The van der Waals surface area contributed by atoms with E-state index in [2.05, 4.69) is 19.2 Å². The van der Waals surface area contributed by atoms with Crippen LogP contribution in [0.5, 0.6) is 0 Å². The van der Waals surface area contributed by atoms with Crippen molar-refractivity contribution in [2.45, 2.75) is 349 Å².